The first-order chi connectivity index (χ1) is 8.74. The monoisotopic (exact) mass is 266 g/mol. The summed E-state index contributed by atoms with van der Waals surface area (Å²) in [6.07, 6.45) is 2.91. The van der Waals surface area contributed by atoms with E-state index in [1.807, 2.05) is 36.0 Å². The van der Waals surface area contributed by atoms with Gasteiger partial charge in [-0.1, -0.05) is 24.3 Å². The van der Waals surface area contributed by atoms with Crippen LogP contribution in [-0.4, -0.2) is 29.5 Å². The maximum atomic E-state index is 10.6. The lowest BCUT2D eigenvalue weighted by atomic mass is 10.1. The predicted molar refractivity (Wildman–Crippen MR) is 72.9 cm³/mol. The van der Waals surface area contributed by atoms with Gasteiger partial charge in [0.2, 0.25) is 0 Å². The molecule has 0 spiro atoms. The van der Waals surface area contributed by atoms with Gasteiger partial charge in [0, 0.05) is 18.1 Å². The van der Waals surface area contributed by atoms with E-state index in [-0.39, 0.29) is 6.42 Å². The molecule has 1 atom stereocenters. The highest BCUT2D eigenvalue weighted by atomic mass is 32.2. The Kier molecular flexibility index (Phi) is 5.08. The molecule has 1 aromatic rings. The molecule has 0 bridgehead atoms. The van der Waals surface area contributed by atoms with Gasteiger partial charge in [-0.05, 0) is 24.0 Å². The third-order valence-electron chi connectivity index (χ3n) is 2.97. The standard InChI is InChI=1S/C14H18O3S/c15-14(16)8-11-3-5-12(6-4-11)9-18-10-13-2-1-7-17-13/h3-6,13H,1-2,7-10H2,(H,15,16). The van der Waals surface area contributed by atoms with Crippen molar-refractivity contribution in [3.8, 4) is 0 Å². The van der Waals surface area contributed by atoms with E-state index in [2.05, 4.69) is 0 Å². The fourth-order valence-electron chi connectivity index (χ4n) is 2.01. The van der Waals surface area contributed by atoms with E-state index in [1.165, 1.54) is 18.4 Å². The maximum Gasteiger partial charge on any atom is 0.307 e. The Bertz CT molecular complexity index is 383. The van der Waals surface area contributed by atoms with Crippen LogP contribution < -0.4 is 0 Å². The largest absolute Gasteiger partial charge is 0.481 e. The molecule has 0 amide bonds. The molecule has 3 nitrogen and oxygen atoms in total. The van der Waals surface area contributed by atoms with Crippen molar-refractivity contribution in [2.45, 2.75) is 31.1 Å². The lowest BCUT2D eigenvalue weighted by Gasteiger charge is -2.08. The SMILES string of the molecule is O=C(O)Cc1ccc(CSCC2CCCO2)cc1. The predicted octanol–water partition coefficient (Wildman–Crippen LogP) is 2.73. The summed E-state index contributed by atoms with van der Waals surface area (Å²) in [5.41, 5.74) is 2.10. The fraction of sp³-hybridized carbons (Fsp3) is 0.500. The molecule has 18 heavy (non-hydrogen) atoms. The molecule has 1 heterocycles. The van der Waals surface area contributed by atoms with Crippen LogP contribution in [0.4, 0.5) is 0 Å². The average molecular weight is 266 g/mol. The summed E-state index contributed by atoms with van der Waals surface area (Å²) < 4.78 is 5.57. The minimum Gasteiger partial charge on any atom is -0.481 e. The van der Waals surface area contributed by atoms with E-state index < -0.39 is 5.97 Å². The number of carboxylic acids is 1. The van der Waals surface area contributed by atoms with Gasteiger partial charge in [-0.25, -0.2) is 0 Å². The van der Waals surface area contributed by atoms with Crippen molar-refractivity contribution in [3.05, 3.63) is 35.4 Å². The van der Waals surface area contributed by atoms with Crippen molar-refractivity contribution in [2.75, 3.05) is 12.4 Å². The first kappa shape index (κ1) is 13.4. The summed E-state index contributed by atoms with van der Waals surface area (Å²) in [5, 5.41) is 8.68. The molecule has 0 aromatic heterocycles. The highest BCUT2D eigenvalue weighted by Gasteiger charge is 2.14. The van der Waals surface area contributed by atoms with Gasteiger partial charge in [0.25, 0.3) is 0 Å². The van der Waals surface area contributed by atoms with E-state index in [1.54, 1.807) is 0 Å². The summed E-state index contributed by atoms with van der Waals surface area (Å²) in [6.45, 7) is 0.912. The molecule has 1 fully saturated rings. The Labute approximate surface area is 112 Å². The van der Waals surface area contributed by atoms with Gasteiger partial charge in [0.05, 0.1) is 12.5 Å². The molecular formula is C14H18O3S. The highest BCUT2D eigenvalue weighted by molar-refractivity contribution is 7.98. The fourth-order valence-corrected chi connectivity index (χ4v) is 3.08. The number of hydrogen-bond acceptors (Lipinski definition) is 3. The third-order valence-corrected chi connectivity index (χ3v) is 4.12. The quantitative estimate of drug-likeness (QED) is 0.860. The van der Waals surface area contributed by atoms with Gasteiger partial charge >= 0.3 is 5.97 Å². The lowest BCUT2D eigenvalue weighted by molar-refractivity contribution is -0.136. The van der Waals surface area contributed by atoms with Crippen molar-refractivity contribution in [1.82, 2.24) is 0 Å². The van der Waals surface area contributed by atoms with Crippen LogP contribution in [0.15, 0.2) is 24.3 Å². The zero-order valence-corrected chi connectivity index (χ0v) is 11.1. The highest BCUT2D eigenvalue weighted by Crippen LogP contribution is 2.20. The minimum atomic E-state index is -0.782. The summed E-state index contributed by atoms with van der Waals surface area (Å²) in [6, 6.07) is 7.83. The van der Waals surface area contributed by atoms with E-state index in [9.17, 15) is 4.79 Å². The topological polar surface area (TPSA) is 46.5 Å². The smallest absolute Gasteiger partial charge is 0.307 e. The van der Waals surface area contributed by atoms with Gasteiger partial charge in [0.1, 0.15) is 0 Å². The number of thioether (sulfide) groups is 1. The van der Waals surface area contributed by atoms with Crippen LogP contribution in [0.5, 0.6) is 0 Å². The Balaban J connectivity index is 1.73. The van der Waals surface area contributed by atoms with Crippen LogP contribution >= 0.6 is 11.8 Å². The van der Waals surface area contributed by atoms with Crippen molar-refractivity contribution < 1.29 is 14.6 Å². The summed E-state index contributed by atoms with van der Waals surface area (Å²) in [5.74, 6) is 1.24. The Hall–Kier alpha value is -1.00. The number of aliphatic carboxylic acids is 1. The lowest BCUT2D eigenvalue weighted by Crippen LogP contribution is -2.07. The first-order valence-corrected chi connectivity index (χ1v) is 7.38. The van der Waals surface area contributed by atoms with E-state index >= 15 is 0 Å². The van der Waals surface area contributed by atoms with Crippen LogP contribution in [0.1, 0.15) is 24.0 Å². The summed E-state index contributed by atoms with van der Waals surface area (Å²) in [4.78, 5) is 10.6. The molecule has 0 aliphatic carbocycles. The summed E-state index contributed by atoms with van der Waals surface area (Å²) in [7, 11) is 0. The normalized spacial score (nSPS) is 19.0. The van der Waals surface area contributed by atoms with Gasteiger partial charge in [0.15, 0.2) is 0 Å². The second kappa shape index (κ2) is 6.81. The second-order valence-corrected chi connectivity index (χ2v) is 5.57. The molecule has 98 valence electrons. The molecule has 1 saturated heterocycles. The molecule has 0 radical (unpaired) electrons. The van der Waals surface area contributed by atoms with Crippen LogP contribution in [0, 0.1) is 0 Å². The van der Waals surface area contributed by atoms with Gasteiger partial charge in [-0.2, -0.15) is 11.8 Å². The van der Waals surface area contributed by atoms with Gasteiger partial charge in [-0.15, -0.1) is 0 Å². The zero-order valence-electron chi connectivity index (χ0n) is 10.3. The molecule has 2 rings (SSSR count). The molecule has 4 heteroatoms. The maximum absolute atomic E-state index is 10.6. The summed E-state index contributed by atoms with van der Waals surface area (Å²) >= 11 is 1.88. The van der Waals surface area contributed by atoms with Crippen LogP contribution in [-0.2, 0) is 21.7 Å². The molecule has 1 aliphatic rings. The Morgan fingerprint density at radius 2 is 2.06 bits per heavy atom. The first-order valence-electron chi connectivity index (χ1n) is 6.23. The number of rotatable bonds is 6. The molecule has 1 aliphatic heterocycles. The molecule has 1 N–H and O–H groups in total. The number of ether oxygens (including phenoxy) is 1. The molecular weight excluding hydrogens is 248 g/mol. The third kappa shape index (κ3) is 4.35. The van der Waals surface area contributed by atoms with E-state index in [0.717, 1.165) is 23.7 Å². The zero-order chi connectivity index (χ0) is 12.8. The van der Waals surface area contributed by atoms with Crippen molar-refractivity contribution in [2.24, 2.45) is 0 Å². The number of carbonyl (C=O) groups is 1. The van der Waals surface area contributed by atoms with Crippen molar-refractivity contribution >= 4 is 17.7 Å². The second-order valence-electron chi connectivity index (χ2n) is 4.54. The van der Waals surface area contributed by atoms with Gasteiger partial charge in [-0.3, -0.25) is 4.79 Å². The Morgan fingerprint density at radius 1 is 1.33 bits per heavy atom. The Morgan fingerprint density at radius 3 is 2.67 bits per heavy atom. The number of hydrogen-bond donors (Lipinski definition) is 1. The van der Waals surface area contributed by atoms with Crippen LogP contribution in [0.25, 0.3) is 0 Å². The number of benzene rings is 1. The minimum absolute atomic E-state index is 0.101. The number of carboxylic acid groups (broad SMARTS) is 1. The van der Waals surface area contributed by atoms with Gasteiger partial charge < -0.3 is 9.84 Å². The van der Waals surface area contributed by atoms with E-state index in [4.69, 9.17) is 9.84 Å². The van der Waals surface area contributed by atoms with Crippen LogP contribution in [0.3, 0.4) is 0 Å². The average Bonchev–Trinajstić information content (AvgIpc) is 2.84. The van der Waals surface area contributed by atoms with Crippen LogP contribution in [0.2, 0.25) is 0 Å². The van der Waals surface area contributed by atoms with Crippen molar-refractivity contribution in [1.29, 1.82) is 0 Å². The molecule has 1 aromatic carbocycles. The molecule has 1 unspecified atom stereocenters. The molecule has 0 saturated carbocycles. The van der Waals surface area contributed by atoms with Crippen molar-refractivity contribution in [3.63, 3.8) is 0 Å². The van der Waals surface area contributed by atoms with E-state index in [0.29, 0.717) is 6.10 Å².